The van der Waals surface area contributed by atoms with Crippen LogP contribution in [0.15, 0.2) is 42.5 Å². The molecule has 1 aliphatic heterocycles. The van der Waals surface area contributed by atoms with Crippen LogP contribution in [0.2, 0.25) is 0 Å². The summed E-state index contributed by atoms with van der Waals surface area (Å²) in [4.78, 5) is 48.7. The van der Waals surface area contributed by atoms with E-state index < -0.39 is 16.8 Å². The first-order valence-corrected chi connectivity index (χ1v) is 9.52. The highest BCUT2D eigenvalue weighted by atomic mass is 16.6. The highest BCUT2D eigenvalue weighted by molar-refractivity contribution is 6.06. The zero-order chi connectivity index (χ0) is 21.7. The summed E-state index contributed by atoms with van der Waals surface area (Å²) in [6.45, 7) is 2.88. The van der Waals surface area contributed by atoms with Crippen LogP contribution < -0.4 is 5.32 Å². The molecule has 3 rings (SSSR count). The van der Waals surface area contributed by atoms with Gasteiger partial charge in [0.05, 0.1) is 17.1 Å². The summed E-state index contributed by atoms with van der Waals surface area (Å²) in [6.07, 6.45) is 1.39. The molecule has 2 aromatic rings. The number of rotatable bonds is 7. The van der Waals surface area contributed by atoms with Crippen LogP contribution in [0.4, 0.5) is 11.4 Å². The van der Waals surface area contributed by atoms with Crippen molar-refractivity contribution in [2.24, 2.45) is 0 Å². The number of anilines is 1. The molecule has 1 saturated heterocycles. The van der Waals surface area contributed by atoms with Gasteiger partial charge in [-0.15, -0.1) is 0 Å². The average molecular weight is 411 g/mol. The van der Waals surface area contributed by atoms with Crippen molar-refractivity contribution in [1.29, 1.82) is 0 Å². The number of nitrogens with one attached hydrogen (secondary N) is 1. The van der Waals surface area contributed by atoms with E-state index in [0.717, 1.165) is 24.1 Å². The fourth-order valence-electron chi connectivity index (χ4n) is 3.22. The third-order valence-electron chi connectivity index (χ3n) is 4.63. The van der Waals surface area contributed by atoms with E-state index in [1.165, 1.54) is 6.07 Å². The van der Waals surface area contributed by atoms with Gasteiger partial charge in [0, 0.05) is 42.9 Å². The summed E-state index contributed by atoms with van der Waals surface area (Å²) in [7, 11) is 0. The molecule has 30 heavy (non-hydrogen) atoms. The number of benzene rings is 2. The molecule has 0 unspecified atom stereocenters. The van der Waals surface area contributed by atoms with Crippen molar-refractivity contribution in [2.75, 3.05) is 18.5 Å². The second kappa shape index (κ2) is 9.17. The summed E-state index contributed by atoms with van der Waals surface area (Å²) in [6, 6.07) is 10.5. The molecule has 0 saturated carbocycles. The summed E-state index contributed by atoms with van der Waals surface area (Å²) >= 11 is 0. The normalized spacial score (nSPS) is 13.2. The van der Waals surface area contributed by atoms with Gasteiger partial charge < -0.3 is 15.0 Å². The van der Waals surface area contributed by atoms with Crippen LogP contribution in [0, 0.1) is 10.1 Å². The van der Waals surface area contributed by atoms with Crippen LogP contribution in [-0.2, 0) is 16.1 Å². The van der Waals surface area contributed by atoms with Crippen molar-refractivity contribution in [2.45, 2.75) is 26.3 Å². The summed E-state index contributed by atoms with van der Waals surface area (Å²) in [5.41, 5.74) is 0.847. The minimum atomic E-state index is -0.743. The molecule has 1 N–H and O–H groups in total. The summed E-state index contributed by atoms with van der Waals surface area (Å²) in [5, 5.41) is 13.9. The van der Waals surface area contributed by atoms with Crippen molar-refractivity contribution in [3.63, 3.8) is 0 Å². The number of non-ortho nitro benzene ring substituents is 1. The molecule has 1 heterocycles. The standard InChI is InChI=1S/C21H21N3O6/c1-2-30-21(27)16-10-15(11-18(12-16)24(28)29)20(26)22-17-6-3-5-14(9-17)13-23-8-4-7-19(23)25/h3,5-6,9-12H,2,4,7-8,13H2,1H3,(H,22,26). The summed E-state index contributed by atoms with van der Waals surface area (Å²) < 4.78 is 4.88. The number of carbonyl (C=O) groups is 3. The molecule has 2 aromatic carbocycles. The van der Waals surface area contributed by atoms with Crippen LogP contribution >= 0.6 is 0 Å². The van der Waals surface area contributed by atoms with Gasteiger partial charge in [-0.2, -0.15) is 0 Å². The van der Waals surface area contributed by atoms with Crippen LogP contribution in [0.5, 0.6) is 0 Å². The molecular formula is C21H21N3O6. The van der Waals surface area contributed by atoms with E-state index in [0.29, 0.717) is 25.2 Å². The monoisotopic (exact) mass is 411 g/mol. The molecule has 0 aromatic heterocycles. The van der Waals surface area contributed by atoms with Crippen molar-refractivity contribution in [3.05, 3.63) is 69.3 Å². The molecule has 0 radical (unpaired) electrons. The SMILES string of the molecule is CCOC(=O)c1cc(C(=O)Nc2cccc(CN3CCCC3=O)c2)cc([N+](=O)[O-])c1. The van der Waals surface area contributed by atoms with Crippen molar-refractivity contribution in [1.82, 2.24) is 4.90 Å². The lowest BCUT2D eigenvalue weighted by Crippen LogP contribution is -2.23. The summed E-state index contributed by atoms with van der Waals surface area (Å²) in [5.74, 6) is -1.24. The van der Waals surface area contributed by atoms with Gasteiger partial charge in [0.1, 0.15) is 0 Å². The smallest absolute Gasteiger partial charge is 0.338 e. The van der Waals surface area contributed by atoms with E-state index >= 15 is 0 Å². The van der Waals surface area contributed by atoms with Crippen molar-refractivity contribution in [3.8, 4) is 0 Å². The maximum Gasteiger partial charge on any atom is 0.338 e. The zero-order valence-electron chi connectivity index (χ0n) is 16.4. The number of ether oxygens (including phenoxy) is 1. The highest BCUT2D eigenvalue weighted by Crippen LogP contribution is 2.21. The second-order valence-electron chi connectivity index (χ2n) is 6.82. The van der Waals surface area contributed by atoms with Gasteiger partial charge in [-0.25, -0.2) is 4.79 Å². The fourth-order valence-corrected chi connectivity index (χ4v) is 3.22. The number of carbonyl (C=O) groups excluding carboxylic acids is 3. The predicted molar refractivity (Wildman–Crippen MR) is 108 cm³/mol. The molecule has 0 aliphatic carbocycles. The topological polar surface area (TPSA) is 119 Å². The first-order valence-electron chi connectivity index (χ1n) is 9.52. The number of likely N-dealkylation sites (tertiary alicyclic amines) is 1. The molecule has 9 nitrogen and oxygen atoms in total. The number of hydrogen-bond donors (Lipinski definition) is 1. The van der Waals surface area contributed by atoms with Gasteiger partial charge in [0.25, 0.3) is 11.6 Å². The number of nitro benzene ring substituents is 1. The average Bonchev–Trinajstić information content (AvgIpc) is 3.12. The van der Waals surface area contributed by atoms with Crippen LogP contribution in [-0.4, -0.2) is 40.8 Å². The van der Waals surface area contributed by atoms with Gasteiger partial charge >= 0.3 is 5.97 Å². The minimum absolute atomic E-state index is 0.0348. The number of nitrogens with zero attached hydrogens (tertiary/aromatic N) is 2. The minimum Gasteiger partial charge on any atom is -0.462 e. The first kappa shape index (κ1) is 21.0. The number of amides is 2. The van der Waals surface area contributed by atoms with Gasteiger partial charge in [-0.3, -0.25) is 19.7 Å². The molecule has 1 fully saturated rings. The molecular weight excluding hydrogens is 390 g/mol. The molecule has 1 aliphatic rings. The van der Waals surface area contributed by atoms with Crippen molar-refractivity contribution < 1.29 is 24.0 Å². The lowest BCUT2D eigenvalue weighted by molar-refractivity contribution is -0.384. The third-order valence-corrected chi connectivity index (χ3v) is 4.63. The van der Waals surface area contributed by atoms with Gasteiger partial charge in [-0.1, -0.05) is 12.1 Å². The van der Waals surface area contributed by atoms with E-state index in [4.69, 9.17) is 4.74 Å². The predicted octanol–water partition coefficient (Wildman–Crippen LogP) is 3.15. The maximum absolute atomic E-state index is 12.7. The van der Waals surface area contributed by atoms with E-state index in [-0.39, 0.29) is 29.3 Å². The first-order chi connectivity index (χ1) is 14.4. The second-order valence-corrected chi connectivity index (χ2v) is 6.82. The molecule has 156 valence electrons. The van der Waals surface area contributed by atoms with Crippen LogP contribution in [0.25, 0.3) is 0 Å². The Kier molecular flexibility index (Phi) is 6.41. The third kappa shape index (κ3) is 4.99. The van der Waals surface area contributed by atoms with E-state index in [1.807, 2.05) is 6.07 Å². The Morgan fingerprint density at radius 2 is 1.97 bits per heavy atom. The number of nitro groups is 1. The van der Waals surface area contributed by atoms with Gasteiger partial charge in [0.2, 0.25) is 5.91 Å². The Morgan fingerprint density at radius 3 is 2.63 bits per heavy atom. The fraction of sp³-hybridized carbons (Fsp3) is 0.286. The molecule has 0 bridgehead atoms. The van der Waals surface area contributed by atoms with Gasteiger partial charge in [-0.05, 0) is 37.1 Å². The van der Waals surface area contributed by atoms with E-state index in [2.05, 4.69) is 5.32 Å². The Bertz CT molecular complexity index is 1000. The zero-order valence-corrected chi connectivity index (χ0v) is 16.4. The highest BCUT2D eigenvalue weighted by Gasteiger charge is 2.21. The molecule has 0 atom stereocenters. The Morgan fingerprint density at radius 1 is 1.20 bits per heavy atom. The number of hydrogen-bond acceptors (Lipinski definition) is 6. The van der Waals surface area contributed by atoms with Crippen LogP contribution in [0.1, 0.15) is 46.0 Å². The maximum atomic E-state index is 12.7. The molecule has 9 heteroatoms. The van der Waals surface area contributed by atoms with Crippen molar-refractivity contribution >= 4 is 29.2 Å². The quantitative estimate of drug-likeness (QED) is 0.425. The Balaban J connectivity index is 1.80. The molecule has 2 amide bonds. The lowest BCUT2D eigenvalue weighted by atomic mass is 10.1. The molecule has 0 spiro atoms. The van der Waals surface area contributed by atoms with E-state index in [1.54, 1.807) is 30.0 Å². The van der Waals surface area contributed by atoms with E-state index in [9.17, 15) is 24.5 Å². The Labute approximate surface area is 172 Å². The lowest BCUT2D eigenvalue weighted by Gasteiger charge is -2.16. The largest absolute Gasteiger partial charge is 0.462 e. The Hall–Kier alpha value is -3.75. The van der Waals surface area contributed by atoms with Crippen LogP contribution in [0.3, 0.4) is 0 Å². The van der Waals surface area contributed by atoms with Gasteiger partial charge in [0.15, 0.2) is 0 Å². The number of esters is 1.